The average Bonchev–Trinajstić information content (AvgIpc) is 1.65. The summed E-state index contributed by atoms with van der Waals surface area (Å²) in [6.45, 7) is 3.14. The minimum atomic E-state index is -1.30. The second-order valence-electron chi connectivity index (χ2n) is 1.00. The molecule has 3 nitrogen and oxygen atoms in total. The van der Waals surface area contributed by atoms with Gasteiger partial charge < -0.3 is 10.2 Å². The molecule has 0 aliphatic heterocycles. The van der Waals surface area contributed by atoms with Crippen molar-refractivity contribution in [1.29, 1.82) is 0 Å². The molecule has 0 saturated heterocycles. The molecule has 0 aromatic carbocycles. The molecule has 7 heavy (non-hydrogen) atoms. The van der Waals surface area contributed by atoms with Gasteiger partial charge in [0.25, 0.3) is 0 Å². The molecule has 0 atom stereocenters. The predicted octanol–water partition coefficient (Wildman–Crippen LogP) is 0.200. The van der Waals surface area contributed by atoms with Crippen molar-refractivity contribution in [2.45, 2.75) is 6.42 Å². The number of hydrogen-bond donors (Lipinski definition) is 2. The van der Waals surface area contributed by atoms with Crippen LogP contribution in [0.2, 0.25) is 0 Å². The second-order valence-corrected chi connectivity index (χ2v) is 1.00. The molecule has 0 spiro atoms. The van der Waals surface area contributed by atoms with Crippen LogP contribution in [0.4, 0.5) is 0 Å². The number of carboxylic acids is 1. The average molecular weight is 102 g/mol. The Bertz CT molecular complexity index is 69.3. The summed E-state index contributed by atoms with van der Waals surface area (Å²) in [6.07, 6.45) is -0.657. The van der Waals surface area contributed by atoms with Crippen molar-refractivity contribution < 1.29 is 15.0 Å². The van der Waals surface area contributed by atoms with E-state index in [2.05, 4.69) is 6.92 Å². The van der Waals surface area contributed by atoms with E-state index in [0.717, 1.165) is 0 Å². The number of aliphatic carboxylic acids is 1. The van der Waals surface area contributed by atoms with Crippen LogP contribution >= 0.6 is 0 Å². The first-order valence-corrected chi connectivity index (χ1v) is 1.75. The maximum absolute atomic E-state index is 9.60. The van der Waals surface area contributed by atoms with Crippen molar-refractivity contribution in [3.8, 4) is 0 Å². The fourth-order valence-corrected chi connectivity index (χ4v) is 0.107. The number of carbonyl (C=O) groups is 1. The first-order valence-electron chi connectivity index (χ1n) is 1.75. The standard InChI is InChI=1S/C4H6O3/c1-2-3(5)4(6)7/h5H,1-2H2,(H,6,7). The van der Waals surface area contributed by atoms with E-state index in [9.17, 15) is 4.79 Å². The summed E-state index contributed by atoms with van der Waals surface area (Å²) in [6, 6.07) is 0. The molecule has 0 fully saturated rings. The topological polar surface area (TPSA) is 57.5 Å². The van der Waals surface area contributed by atoms with Gasteiger partial charge in [0.1, 0.15) is 0 Å². The van der Waals surface area contributed by atoms with E-state index in [1.54, 1.807) is 0 Å². The van der Waals surface area contributed by atoms with E-state index in [1.807, 2.05) is 0 Å². The van der Waals surface area contributed by atoms with Gasteiger partial charge in [0, 0.05) is 0 Å². The van der Waals surface area contributed by atoms with Crippen LogP contribution in [0.5, 0.6) is 0 Å². The first kappa shape index (κ1) is 6.43. The van der Waals surface area contributed by atoms with Crippen LogP contribution in [0.3, 0.4) is 0 Å². The number of aliphatic hydroxyl groups is 1. The Hall–Kier alpha value is -0.570. The van der Waals surface area contributed by atoms with Gasteiger partial charge in [-0.1, -0.05) is 0 Å². The summed E-state index contributed by atoms with van der Waals surface area (Å²) < 4.78 is 0. The number of rotatable bonds is 2. The Morgan fingerprint density at radius 1 is 1.57 bits per heavy atom. The molecule has 3 heteroatoms. The van der Waals surface area contributed by atoms with Gasteiger partial charge in [-0.05, 0) is 13.3 Å². The summed E-state index contributed by atoms with van der Waals surface area (Å²) >= 11 is 0. The highest BCUT2D eigenvalue weighted by molar-refractivity contribution is 5.79. The zero-order valence-electron chi connectivity index (χ0n) is 3.72. The molecule has 0 unspecified atom stereocenters. The van der Waals surface area contributed by atoms with Gasteiger partial charge in [0.15, 0.2) is 0 Å². The summed E-state index contributed by atoms with van der Waals surface area (Å²) in [5.41, 5.74) is 0. The molecule has 0 heterocycles. The van der Waals surface area contributed by atoms with Gasteiger partial charge in [-0.15, -0.1) is 0 Å². The molecule has 0 aliphatic rings. The van der Waals surface area contributed by atoms with Gasteiger partial charge in [-0.2, -0.15) is 0 Å². The number of aliphatic hydroxyl groups excluding tert-OH is 1. The maximum atomic E-state index is 9.60. The number of hydrogen-bond acceptors (Lipinski definition) is 2. The molecule has 0 amide bonds. The van der Waals surface area contributed by atoms with Crippen LogP contribution in [0.25, 0.3) is 0 Å². The Labute approximate surface area is 41.6 Å². The van der Waals surface area contributed by atoms with Gasteiger partial charge in [0.05, 0.1) is 0 Å². The van der Waals surface area contributed by atoms with Gasteiger partial charge in [0.2, 0.25) is 6.10 Å². The molecular formula is C4H6O3. The molecule has 40 valence electrons. The largest absolute Gasteiger partial charge is 0.479 e. The lowest BCUT2D eigenvalue weighted by Crippen LogP contribution is -2.07. The summed E-state index contributed by atoms with van der Waals surface area (Å²) in [7, 11) is 0. The third kappa shape index (κ3) is 2.17. The molecule has 0 aromatic heterocycles. The SMILES string of the molecule is [CH2]C[C](O)C(=O)O. The van der Waals surface area contributed by atoms with Gasteiger partial charge in [-0.3, -0.25) is 0 Å². The van der Waals surface area contributed by atoms with Crippen LogP contribution < -0.4 is 0 Å². The highest BCUT2D eigenvalue weighted by Crippen LogP contribution is 1.96. The summed E-state index contributed by atoms with van der Waals surface area (Å²) in [5, 5.41) is 16.0. The molecule has 0 bridgehead atoms. The zero-order chi connectivity index (χ0) is 5.86. The second kappa shape index (κ2) is 2.58. The molecule has 2 N–H and O–H groups in total. The Kier molecular flexibility index (Phi) is 2.37. The normalized spacial score (nSPS) is 9.57. The molecule has 0 rings (SSSR count). The quantitative estimate of drug-likeness (QED) is 0.523. The van der Waals surface area contributed by atoms with Crippen LogP contribution in [0.15, 0.2) is 0 Å². The van der Waals surface area contributed by atoms with Gasteiger partial charge >= 0.3 is 5.97 Å². The minimum Gasteiger partial charge on any atom is -0.479 e. The van der Waals surface area contributed by atoms with E-state index in [0.29, 0.717) is 0 Å². The van der Waals surface area contributed by atoms with Crippen molar-refractivity contribution in [2.75, 3.05) is 0 Å². The van der Waals surface area contributed by atoms with Crippen LogP contribution in [-0.2, 0) is 4.79 Å². The minimum absolute atomic E-state index is 0.0602. The first-order chi connectivity index (χ1) is 3.18. The molecule has 2 radical (unpaired) electrons. The molecular weight excluding hydrogens is 96.0 g/mol. The summed E-state index contributed by atoms with van der Waals surface area (Å²) in [5.74, 6) is -1.30. The Balaban J connectivity index is 3.34. The highest BCUT2D eigenvalue weighted by atomic mass is 16.4. The Morgan fingerprint density at radius 2 is 2.00 bits per heavy atom. The van der Waals surface area contributed by atoms with Crippen LogP contribution in [0, 0.1) is 13.0 Å². The van der Waals surface area contributed by atoms with Crippen molar-refractivity contribution >= 4 is 5.97 Å². The maximum Gasteiger partial charge on any atom is 0.339 e. The lowest BCUT2D eigenvalue weighted by Gasteiger charge is -1.93. The van der Waals surface area contributed by atoms with E-state index >= 15 is 0 Å². The Morgan fingerprint density at radius 3 is 2.00 bits per heavy atom. The zero-order valence-corrected chi connectivity index (χ0v) is 3.72. The molecule has 0 aromatic rings. The van der Waals surface area contributed by atoms with Crippen molar-refractivity contribution in [3.63, 3.8) is 0 Å². The van der Waals surface area contributed by atoms with Gasteiger partial charge in [-0.25, -0.2) is 4.79 Å². The number of carboxylic acid groups (broad SMARTS) is 1. The smallest absolute Gasteiger partial charge is 0.339 e. The van der Waals surface area contributed by atoms with E-state index in [4.69, 9.17) is 10.2 Å². The van der Waals surface area contributed by atoms with Crippen LogP contribution in [0.1, 0.15) is 6.42 Å². The van der Waals surface area contributed by atoms with E-state index in [-0.39, 0.29) is 6.42 Å². The summed E-state index contributed by atoms with van der Waals surface area (Å²) in [4.78, 5) is 9.60. The van der Waals surface area contributed by atoms with E-state index < -0.39 is 12.1 Å². The van der Waals surface area contributed by atoms with Crippen molar-refractivity contribution in [3.05, 3.63) is 13.0 Å². The monoisotopic (exact) mass is 102 g/mol. The van der Waals surface area contributed by atoms with E-state index in [1.165, 1.54) is 0 Å². The third-order valence-electron chi connectivity index (χ3n) is 0.484. The fourth-order valence-electron chi connectivity index (χ4n) is 0.107. The van der Waals surface area contributed by atoms with Crippen LogP contribution in [-0.4, -0.2) is 16.2 Å². The highest BCUT2D eigenvalue weighted by Gasteiger charge is 2.09. The molecule has 0 aliphatic carbocycles. The molecule has 0 saturated carbocycles. The lowest BCUT2D eigenvalue weighted by atomic mass is 10.3. The third-order valence-corrected chi connectivity index (χ3v) is 0.484. The fraction of sp³-hybridized carbons (Fsp3) is 0.250. The van der Waals surface area contributed by atoms with Crippen molar-refractivity contribution in [1.82, 2.24) is 0 Å². The predicted molar refractivity (Wildman–Crippen MR) is 22.8 cm³/mol. The lowest BCUT2D eigenvalue weighted by molar-refractivity contribution is -0.139. The van der Waals surface area contributed by atoms with Crippen molar-refractivity contribution in [2.24, 2.45) is 0 Å².